The van der Waals surface area contributed by atoms with Crippen LogP contribution in [0.3, 0.4) is 0 Å². The Kier molecular flexibility index (Phi) is 5.64. The molecule has 0 aromatic heterocycles. The van der Waals surface area contributed by atoms with E-state index in [1.54, 1.807) is 19.2 Å². The van der Waals surface area contributed by atoms with Gasteiger partial charge >= 0.3 is 0 Å². The van der Waals surface area contributed by atoms with E-state index in [4.69, 9.17) is 9.47 Å². The number of aromatic hydroxyl groups is 1. The molecule has 0 heterocycles. The molecule has 0 atom stereocenters. The van der Waals surface area contributed by atoms with Gasteiger partial charge in [0, 0.05) is 17.8 Å². The van der Waals surface area contributed by atoms with Gasteiger partial charge in [-0.25, -0.2) is 0 Å². The van der Waals surface area contributed by atoms with E-state index in [0.29, 0.717) is 18.9 Å². The second kappa shape index (κ2) is 8.30. The summed E-state index contributed by atoms with van der Waals surface area (Å²) in [7, 11) is 1.64. The first-order valence-corrected chi connectivity index (χ1v) is 8.53. The number of ether oxygens (including phenoxy) is 2. The number of phenolic OH excluding ortho intramolecular Hbond substituents is 1. The summed E-state index contributed by atoms with van der Waals surface area (Å²) in [5.74, 6) is 1.70. The number of para-hydroxylation sites is 1. The molecule has 2 N–H and O–H groups in total. The van der Waals surface area contributed by atoms with E-state index in [9.17, 15) is 5.11 Å². The Balaban J connectivity index is 1.74. The van der Waals surface area contributed by atoms with Crippen molar-refractivity contribution in [3.8, 4) is 17.2 Å². The Morgan fingerprint density at radius 2 is 1.65 bits per heavy atom. The number of phenols is 1. The lowest BCUT2D eigenvalue weighted by Crippen LogP contribution is -2.05. The molecule has 0 fully saturated rings. The Morgan fingerprint density at radius 1 is 0.923 bits per heavy atom. The number of rotatable bonds is 7. The summed E-state index contributed by atoms with van der Waals surface area (Å²) in [6, 6.07) is 21.1. The van der Waals surface area contributed by atoms with Crippen LogP contribution in [-0.2, 0) is 13.2 Å². The van der Waals surface area contributed by atoms with Crippen LogP contribution in [0, 0.1) is 6.92 Å². The number of anilines is 1. The topological polar surface area (TPSA) is 50.7 Å². The van der Waals surface area contributed by atoms with Crippen molar-refractivity contribution in [3.05, 3.63) is 83.4 Å². The van der Waals surface area contributed by atoms with Gasteiger partial charge in [0.25, 0.3) is 0 Å². The number of hydrogen-bond donors (Lipinski definition) is 2. The Hall–Kier alpha value is -3.14. The first-order chi connectivity index (χ1) is 12.7. The zero-order valence-corrected chi connectivity index (χ0v) is 15.0. The fourth-order valence-electron chi connectivity index (χ4n) is 2.64. The van der Waals surface area contributed by atoms with Crippen molar-refractivity contribution in [2.45, 2.75) is 20.1 Å². The summed E-state index contributed by atoms with van der Waals surface area (Å²) in [5, 5.41) is 12.7. The normalized spacial score (nSPS) is 10.4. The van der Waals surface area contributed by atoms with Crippen molar-refractivity contribution in [3.63, 3.8) is 0 Å². The van der Waals surface area contributed by atoms with Crippen LogP contribution in [0.15, 0.2) is 66.7 Å². The fraction of sp³-hybridized carbons (Fsp3) is 0.182. The van der Waals surface area contributed by atoms with Crippen LogP contribution in [0.1, 0.15) is 16.7 Å². The predicted molar refractivity (Wildman–Crippen MR) is 104 cm³/mol. The van der Waals surface area contributed by atoms with E-state index in [-0.39, 0.29) is 5.75 Å². The summed E-state index contributed by atoms with van der Waals surface area (Å²) in [6.07, 6.45) is 0. The molecule has 0 bridgehead atoms. The maximum Gasteiger partial charge on any atom is 0.166 e. The van der Waals surface area contributed by atoms with Gasteiger partial charge in [-0.1, -0.05) is 42.0 Å². The molecule has 0 aliphatic heterocycles. The SMILES string of the molecule is COc1cccc(CNc2ccc(O)cc2)c1OCc1ccc(C)cc1. The van der Waals surface area contributed by atoms with Crippen molar-refractivity contribution in [1.29, 1.82) is 0 Å². The third-order valence-electron chi connectivity index (χ3n) is 4.13. The molecule has 3 rings (SSSR count). The van der Waals surface area contributed by atoms with Gasteiger partial charge in [-0.3, -0.25) is 0 Å². The molecule has 3 aromatic carbocycles. The maximum absolute atomic E-state index is 9.39. The van der Waals surface area contributed by atoms with Gasteiger partial charge in [0.2, 0.25) is 0 Å². The van der Waals surface area contributed by atoms with Gasteiger partial charge in [0.1, 0.15) is 12.4 Å². The Bertz CT molecular complexity index is 842. The van der Waals surface area contributed by atoms with E-state index >= 15 is 0 Å². The van der Waals surface area contributed by atoms with Crippen LogP contribution < -0.4 is 14.8 Å². The van der Waals surface area contributed by atoms with Gasteiger partial charge in [-0.15, -0.1) is 0 Å². The summed E-state index contributed by atoms with van der Waals surface area (Å²) < 4.78 is 11.6. The smallest absolute Gasteiger partial charge is 0.166 e. The molecule has 134 valence electrons. The minimum atomic E-state index is 0.249. The second-order valence-electron chi connectivity index (χ2n) is 6.12. The molecule has 0 radical (unpaired) electrons. The average Bonchev–Trinajstić information content (AvgIpc) is 2.67. The van der Waals surface area contributed by atoms with Crippen molar-refractivity contribution >= 4 is 5.69 Å². The molecule has 4 nitrogen and oxygen atoms in total. The lowest BCUT2D eigenvalue weighted by atomic mass is 10.1. The van der Waals surface area contributed by atoms with E-state index in [1.807, 2.05) is 30.3 Å². The standard InChI is InChI=1S/C22H23NO3/c1-16-6-8-17(9-7-16)15-26-22-18(4-3-5-21(22)25-2)14-23-19-10-12-20(24)13-11-19/h3-13,23-24H,14-15H2,1-2H3. The number of aryl methyl sites for hydroxylation is 1. The number of nitrogens with one attached hydrogen (secondary N) is 1. The molecule has 0 saturated heterocycles. The quantitative estimate of drug-likeness (QED) is 0.596. The van der Waals surface area contributed by atoms with Crippen LogP contribution >= 0.6 is 0 Å². The second-order valence-corrected chi connectivity index (χ2v) is 6.12. The summed E-state index contributed by atoms with van der Waals surface area (Å²) in [4.78, 5) is 0. The Morgan fingerprint density at radius 3 is 2.35 bits per heavy atom. The highest BCUT2D eigenvalue weighted by molar-refractivity contribution is 5.51. The first kappa shape index (κ1) is 17.7. The molecule has 0 unspecified atom stereocenters. The number of methoxy groups -OCH3 is 1. The zero-order valence-electron chi connectivity index (χ0n) is 15.0. The molecular formula is C22H23NO3. The zero-order chi connectivity index (χ0) is 18.4. The molecule has 0 spiro atoms. The monoisotopic (exact) mass is 349 g/mol. The van der Waals surface area contributed by atoms with Crippen molar-refractivity contribution in [2.24, 2.45) is 0 Å². The lowest BCUT2D eigenvalue weighted by molar-refractivity contribution is 0.281. The van der Waals surface area contributed by atoms with E-state index in [0.717, 1.165) is 22.6 Å². The summed E-state index contributed by atoms with van der Waals surface area (Å²) >= 11 is 0. The van der Waals surface area contributed by atoms with Gasteiger partial charge < -0.3 is 19.9 Å². The van der Waals surface area contributed by atoms with Crippen LogP contribution in [0.25, 0.3) is 0 Å². The minimum Gasteiger partial charge on any atom is -0.508 e. The molecule has 0 amide bonds. The van der Waals surface area contributed by atoms with E-state index in [2.05, 4.69) is 36.5 Å². The maximum atomic E-state index is 9.39. The van der Waals surface area contributed by atoms with Crippen LogP contribution in [0.4, 0.5) is 5.69 Å². The molecule has 0 aliphatic carbocycles. The van der Waals surface area contributed by atoms with Crippen molar-refractivity contribution < 1.29 is 14.6 Å². The predicted octanol–water partition coefficient (Wildman–Crippen LogP) is 4.90. The van der Waals surface area contributed by atoms with Crippen LogP contribution in [-0.4, -0.2) is 12.2 Å². The Labute approximate surface area is 154 Å². The molecular weight excluding hydrogens is 326 g/mol. The molecule has 0 aliphatic rings. The first-order valence-electron chi connectivity index (χ1n) is 8.53. The lowest BCUT2D eigenvalue weighted by Gasteiger charge is -2.16. The van der Waals surface area contributed by atoms with E-state index < -0.39 is 0 Å². The molecule has 3 aromatic rings. The number of benzene rings is 3. The molecule has 0 saturated carbocycles. The van der Waals surface area contributed by atoms with Crippen molar-refractivity contribution in [1.82, 2.24) is 0 Å². The third kappa shape index (κ3) is 4.48. The molecule has 4 heteroatoms. The van der Waals surface area contributed by atoms with E-state index in [1.165, 1.54) is 5.56 Å². The fourth-order valence-corrected chi connectivity index (χ4v) is 2.64. The highest BCUT2D eigenvalue weighted by Crippen LogP contribution is 2.32. The highest BCUT2D eigenvalue weighted by Gasteiger charge is 2.11. The largest absolute Gasteiger partial charge is 0.508 e. The molecule has 26 heavy (non-hydrogen) atoms. The summed E-state index contributed by atoms with van der Waals surface area (Å²) in [5.41, 5.74) is 4.27. The third-order valence-corrected chi connectivity index (χ3v) is 4.13. The highest BCUT2D eigenvalue weighted by atomic mass is 16.5. The summed E-state index contributed by atoms with van der Waals surface area (Å²) in [6.45, 7) is 3.13. The average molecular weight is 349 g/mol. The number of hydrogen-bond acceptors (Lipinski definition) is 4. The van der Waals surface area contributed by atoms with Gasteiger partial charge in [0.05, 0.1) is 7.11 Å². The van der Waals surface area contributed by atoms with Crippen LogP contribution in [0.5, 0.6) is 17.2 Å². The van der Waals surface area contributed by atoms with Crippen LogP contribution in [0.2, 0.25) is 0 Å². The van der Waals surface area contributed by atoms with Gasteiger partial charge in [-0.05, 0) is 42.8 Å². The van der Waals surface area contributed by atoms with Gasteiger partial charge in [0.15, 0.2) is 11.5 Å². The minimum absolute atomic E-state index is 0.249. The van der Waals surface area contributed by atoms with Gasteiger partial charge in [-0.2, -0.15) is 0 Å². The van der Waals surface area contributed by atoms with Crippen molar-refractivity contribution in [2.75, 3.05) is 12.4 Å².